The van der Waals surface area contributed by atoms with E-state index in [-0.39, 0.29) is 12.1 Å². The molecule has 1 N–H and O–H groups in total. The van der Waals surface area contributed by atoms with E-state index in [0.717, 1.165) is 17.7 Å². The van der Waals surface area contributed by atoms with Gasteiger partial charge in [-0.25, -0.2) is 4.79 Å². The van der Waals surface area contributed by atoms with E-state index in [2.05, 4.69) is 17.4 Å². The molecule has 2 aromatic rings. The van der Waals surface area contributed by atoms with Crippen molar-refractivity contribution in [3.8, 4) is 11.5 Å². The number of carbonyl (C=O) groups is 1. The molecule has 5 heteroatoms. The zero-order valence-electron chi connectivity index (χ0n) is 14.5. The molecule has 2 heterocycles. The van der Waals surface area contributed by atoms with E-state index in [4.69, 9.17) is 9.47 Å². The molecule has 0 aliphatic carbocycles. The lowest BCUT2D eigenvalue weighted by molar-refractivity contribution is -0.0845. The normalized spacial score (nSPS) is 24.2. The van der Waals surface area contributed by atoms with E-state index in [1.165, 1.54) is 5.56 Å². The second kappa shape index (κ2) is 5.99. The fourth-order valence-electron chi connectivity index (χ4n) is 3.79. The molecule has 4 rings (SSSR count). The molecule has 0 unspecified atom stereocenters. The summed E-state index contributed by atoms with van der Waals surface area (Å²) >= 11 is 0. The van der Waals surface area contributed by atoms with Gasteiger partial charge in [-0.3, -0.25) is 4.90 Å². The highest BCUT2D eigenvalue weighted by molar-refractivity contribution is 5.77. The fraction of sp³-hybridized carbons (Fsp3) is 0.350. The monoisotopic (exact) mass is 338 g/mol. The van der Waals surface area contributed by atoms with Crippen LogP contribution >= 0.6 is 0 Å². The molecule has 2 aromatic carbocycles. The standard InChI is InChI=1S/C20H22N2O3/c1-20-13-16(15-9-6-10-17(24-2)18(15)25-20)21-19(23)22(20)12-11-14-7-4-3-5-8-14/h3-10,16H,11-13H2,1-2H3,(H,21,23)/t16-,20+/m1/s1. The smallest absolute Gasteiger partial charge is 0.320 e. The lowest BCUT2D eigenvalue weighted by Crippen LogP contribution is -2.65. The summed E-state index contributed by atoms with van der Waals surface area (Å²) in [5.74, 6) is 1.43. The summed E-state index contributed by atoms with van der Waals surface area (Å²) in [7, 11) is 1.64. The van der Waals surface area contributed by atoms with Crippen LogP contribution in [0.4, 0.5) is 4.79 Å². The van der Waals surface area contributed by atoms with Gasteiger partial charge in [0, 0.05) is 18.5 Å². The van der Waals surface area contributed by atoms with Crippen molar-refractivity contribution in [3.63, 3.8) is 0 Å². The van der Waals surface area contributed by atoms with E-state index < -0.39 is 5.72 Å². The van der Waals surface area contributed by atoms with Crippen LogP contribution in [0.15, 0.2) is 48.5 Å². The minimum Gasteiger partial charge on any atom is -0.493 e. The number of nitrogens with zero attached hydrogens (tertiary/aromatic N) is 1. The van der Waals surface area contributed by atoms with Crippen LogP contribution in [0.25, 0.3) is 0 Å². The quantitative estimate of drug-likeness (QED) is 0.928. The van der Waals surface area contributed by atoms with Gasteiger partial charge in [-0.15, -0.1) is 0 Å². The van der Waals surface area contributed by atoms with Crippen LogP contribution in [0.5, 0.6) is 11.5 Å². The Morgan fingerprint density at radius 2 is 2.04 bits per heavy atom. The maximum absolute atomic E-state index is 12.7. The summed E-state index contributed by atoms with van der Waals surface area (Å²) in [4.78, 5) is 14.5. The van der Waals surface area contributed by atoms with Crippen LogP contribution < -0.4 is 14.8 Å². The van der Waals surface area contributed by atoms with Crippen LogP contribution in [0.2, 0.25) is 0 Å². The van der Waals surface area contributed by atoms with Crippen molar-refractivity contribution in [1.29, 1.82) is 0 Å². The number of nitrogens with one attached hydrogen (secondary N) is 1. The molecule has 2 amide bonds. The lowest BCUT2D eigenvalue weighted by Gasteiger charge is -2.51. The average molecular weight is 338 g/mol. The number of rotatable bonds is 4. The molecule has 2 bridgehead atoms. The Balaban J connectivity index is 1.62. The molecule has 0 radical (unpaired) electrons. The molecule has 2 atom stereocenters. The van der Waals surface area contributed by atoms with E-state index in [1.54, 1.807) is 12.0 Å². The zero-order chi connectivity index (χ0) is 17.4. The Morgan fingerprint density at radius 3 is 2.80 bits per heavy atom. The topological polar surface area (TPSA) is 50.8 Å². The summed E-state index contributed by atoms with van der Waals surface area (Å²) in [5, 5.41) is 3.12. The predicted octanol–water partition coefficient (Wildman–Crippen LogP) is 3.50. The van der Waals surface area contributed by atoms with Gasteiger partial charge in [0.1, 0.15) is 0 Å². The van der Waals surface area contributed by atoms with Gasteiger partial charge >= 0.3 is 6.03 Å². The zero-order valence-corrected chi connectivity index (χ0v) is 14.5. The number of benzene rings is 2. The van der Waals surface area contributed by atoms with Gasteiger partial charge < -0.3 is 14.8 Å². The summed E-state index contributed by atoms with van der Waals surface area (Å²) in [5.41, 5.74) is 1.51. The molecular formula is C20H22N2O3. The van der Waals surface area contributed by atoms with Crippen LogP contribution in [0.1, 0.15) is 30.5 Å². The Hall–Kier alpha value is -2.69. The van der Waals surface area contributed by atoms with Gasteiger partial charge in [0.05, 0.1) is 13.2 Å². The van der Waals surface area contributed by atoms with Crippen molar-refractivity contribution >= 4 is 6.03 Å². The lowest BCUT2D eigenvalue weighted by atomic mass is 9.90. The van der Waals surface area contributed by atoms with E-state index in [9.17, 15) is 4.79 Å². The highest BCUT2D eigenvalue weighted by Gasteiger charge is 2.49. The molecule has 2 aliphatic rings. The number of hydrogen-bond donors (Lipinski definition) is 1. The molecule has 2 aliphatic heterocycles. The molecular weight excluding hydrogens is 316 g/mol. The largest absolute Gasteiger partial charge is 0.493 e. The number of methoxy groups -OCH3 is 1. The molecule has 5 nitrogen and oxygen atoms in total. The van der Waals surface area contributed by atoms with E-state index >= 15 is 0 Å². The maximum atomic E-state index is 12.7. The van der Waals surface area contributed by atoms with Crippen LogP contribution in [-0.4, -0.2) is 30.3 Å². The van der Waals surface area contributed by atoms with Gasteiger partial charge in [-0.2, -0.15) is 0 Å². The SMILES string of the molecule is COc1cccc2c1O[C@@]1(C)C[C@H]2NC(=O)N1CCc1ccccc1. The van der Waals surface area contributed by atoms with Crippen LogP contribution in [-0.2, 0) is 6.42 Å². The third-order valence-electron chi connectivity index (χ3n) is 5.09. The Morgan fingerprint density at radius 1 is 1.24 bits per heavy atom. The predicted molar refractivity (Wildman–Crippen MR) is 94.8 cm³/mol. The number of fused-ring (bicyclic) bond motifs is 4. The van der Waals surface area contributed by atoms with Crippen molar-refractivity contribution in [2.24, 2.45) is 0 Å². The van der Waals surface area contributed by atoms with E-state index in [1.807, 2.05) is 43.3 Å². The summed E-state index contributed by atoms with van der Waals surface area (Å²) in [6.07, 6.45) is 1.50. The second-order valence-electron chi connectivity index (χ2n) is 6.75. The van der Waals surface area contributed by atoms with Gasteiger partial charge in [-0.05, 0) is 25.0 Å². The average Bonchev–Trinajstić information content (AvgIpc) is 2.61. The molecule has 1 fully saturated rings. The number of amides is 2. The molecule has 0 aromatic heterocycles. The Kier molecular flexibility index (Phi) is 3.79. The van der Waals surface area contributed by atoms with Gasteiger partial charge in [0.15, 0.2) is 17.2 Å². The summed E-state index contributed by atoms with van der Waals surface area (Å²) < 4.78 is 11.8. The first-order valence-electron chi connectivity index (χ1n) is 8.59. The Labute approximate surface area is 147 Å². The van der Waals surface area contributed by atoms with Crippen molar-refractivity contribution < 1.29 is 14.3 Å². The first kappa shape index (κ1) is 15.8. The molecule has 130 valence electrons. The number of carbonyl (C=O) groups excluding carboxylic acids is 1. The number of urea groups is 1. The fourth-order valence-corrected chi connectivity index (χ4v) is 3.79. The van der Waals surface area contributed by atoms with Gasteiger partial charge in [0.2, 0.25) is 0 Å². The van der Waals surface area contributed by atoms with Gasteiger partial charge in [0.25, 0.3) is 0 Å². The van der Waals surface area contributed by atoms with Gasteiger partial charge in [-0.1, -0.05) is 42.5 Å². The number of para-hydroxylation sites is 1. The Bertz CT molecular complexity index is 793. The first-order chi connectivity index (χ1) is 12.1. The number of hydrogen-bond acceptors (Lipinski definition) is 3. The minimum absolute atomic E-state index is 0.0516. The van der Waals surface area contributed by atoms with E-state index in [0.29, 0.717) is 18.7 Å². The molecule has 0 spiro atoms. The summed E-state index contributed by atoms with van der Waals surface area (Å²) in [6, 6.07) is 15.9. The second-order valence-corrected chi connectivity index (χ2v) is 6.75. The highest BCUT2D eigenvalue weighted by Crippen LogP contribution is 2.47. The molecule has 25 heavy (non-hydrogen) atoms. The van der Waals surface area contributed by atoms with Crippen molar-refractivity contribution in [2.45, 2.75) is 31.5 Å². The van der Waals surface area contributed by atoms with Crippen molar-refractivity contribution in [3.05, 3.63) is 59.7 Å². The van der Waals surface area contributed by atoms with Crippen LogP contribution in [0, 0.1) is 0 Å². The molecule has 0 saturated carbocycles. The minimum atomic E-state index is -0.677. The van der Waals surface area contributed by atoms with Crippen LogP contribution in [0.3, 0.4) is 0 Å². The third kappa shape index (κ3) is 2.69. The van der Waals surface area contributed by atoms with Crippen molar-refractivity contribution in [1.82, 2.24) is 10.2 Å². The first-order valence-corrected chi connectivity index (χ1v) is 8.59. The highest BCUT2D eigenvalue weighted by atomic mass is 16.5. The third-order valence-corrected chi connectivity index (χ3v) is 5.09. The summed E-state index contributed by atoms with van der Waals surface area (Å²) in [6.45, 7) is 2.59. The molecule has 1 saturated heterocycles. The van der Waals surface area contributed by atoms with Crippen molar-refractivity contribution in [2.75, 3.05) is 13.7 Å². The number of ether oxygens (including phenoxy) is 2. The maximum Gasteiger partial charge on any atom is 0.320 e.